The number of para-hydroxylation sites is 2. The third kappa shape index (κ3) is 3.49. The Bertz CT molecular complexity index is 879. The molecule has 0 fully saturated rings. The Morgan fingerprint density at radius 2 is 1.88 bits per heavy atom. The van der Waals surface area contributed by atoms with Gasteiger partial charge in [-0.2, -0.15) is 0 Å². The zero-order chi connectivity index (χ0) is 17.1. The van der Waals surface area contributed by atoms with Crippen molar-refractivity contribution in [2.45, 2.75) is 12.6 Å². The summed E-state index contributed by atoms with van der Waals surface area (Å²) in [6.45, 7) is 0.568. The average molecular weight is 352 g/mol. The number of amides is 1. The number of carbonyl (C=O) groups excluding carboxylic acids is 1. The predicted octanol–water partition coefficient (Wildman–Crippen LogP) is 3.27. The first-order chi connectivity index (χ1) is 12.3. The summed E-state index contributed by atoms with van der Waals surface area (Å²) in [5.74, 6) is 1.05. The van der Waals surface area contributed by atoms with Crippen LogP contribution in [0, 0.1) is 0 Å². The van der Waals surface area contributed by atoms with Gasteiger partial charge >= 0.3 is 0 Å². The minimum Gasteiger partial charge on any atom is -0.485 e. The van der Waals surface area contributed by atoms with E-state index in [9.17, 15) is 4.79 Å². The van der Waals surface area contributed by atoms with Gasteiger partial charge in [0.2, 0.25) is 6.10 Å². The molecule has 5 nitrogen and oxygen atoms in total. The predicted molar refractivity (Wildman–Crippen MR) is 95.7 cm³/mol. The van der Waals surface area contributed by atoms with E-state index in [1.54, 1.807) is 17.4 Å². The number of carbonyl (C=O) groups is 1. The fourth-order valence-electron chi connectivity index (χ4n) is 2.54. The molecule has 2 aromatic carbocycles. The van der Waals surface area contributed by atoms with Crippen molar-refractivity contribution in [2.75, 3.05) is 6.61 Å². The fourth-order valence-corrected chi connectivity index (χ4v) is 3.37. The van der Waals surface area contributed by atoms with E-state index in [0.717, 1.165) is 16.3 Å². The highest BCUT2D eigenvalue weighted by Crippen LogP contribution is 2.31. The lowest BCUT2D eigenvalue weighted by Crippen LogP contribution is -2.43. The Balaban J connectivity index is 1.36. The molecule has 0 aliphatic carbocycles. The fraction of sp³-hybridized carbons (Fsp3) is 0.158. The number of rotatable bonds is 4. The maximum atomic E-state index is 12.3. The van der Waals surface area contributed by atoms with Crippen LogP contribution >= 0.6 is 11.3 Å². The van der Waals surface area contributed by atoms with Gasteiger partial charge in [-0.1, -0.05) is 42.5 Å². The molecule has 1 aromatic heterocycles. The van der Waals surface area contributed by atoms with Crippen molar-refractivity contribution in [3.63, 3.8) is 0 Å². The van der Waals surface area contributed by atoms with Crippen molar-refractivity contribution in [2.24, 2.45) is 0 Å². The van der Waals surface area contributed by atoms with Crippen LogP contribution in [0.5, 0.6) is 11.5 Å². The van der Waals surface area contributed by atoms with Crippen molar-refractivity contribution < 1.29 is 14.3 Å². The van der Waals surface area contributed by atoms with Gasteiger partial charge in [0.15, 0.2) is 11.5 Å². The first-order valence-electron chi connectivity index (χ1n) is 7.95. The SMILES string of the molecule is O=C(NCc1csc(-c2ccccc2)n1)[C@@H]1COc2ccccc2O1. The lowest BCUT2D eigenvalue weighted by Gasteiger charge is -2.25. The lowest BCUT2D eigenvalue weighted by molar-refractivity contribution is -0.130. The minimum absolute atomic E-state index is 0.204. The number of benzene rings is 2. The van der Waals surface area contributed by atoms with Gasteiger partial charge in [0.05, 0.1) is 12.2 Å². The summed E-state index contributed by atoms with van der Waals surface area (Å²) in [4.78, 5) is 16.9. The number of ether oxygens (including phenoxy) is 2. The molecule has 0 saturated heterocycles. The van der Waals surface area contributed by atoms with Crippen molar-refractivity contribution in [3.05, 3.63) is 65.7 Å². The molecule has 1 aliphatic rings. The summed E-state index contributed by atoms with van der Waals surface area (Å²) >= 11 is 1.56. The molecule has 1 aliphatic heterocycles. The number of hydrogen-bond acceptors (Lipinski definition) is 5. The highest BCUT2D eigenvalue weighted by molar-refractivity contribution is 7.13. The first-order valence-corrected chi connectivity index (χ1v) is 8.83. The van der Waals surface area contributed by atoms with Crippen LogP contribution in [0.3, 0.4) is 0 Å². The second-order valence-corrected chi connectivity index (χ2v) is 6.45. The van der Waals surface area contributed by atoms with E-state index in [4.69, 9.17) is 9.47 Å². The Kier molecular flexibility index (Phi) is 4.35. The molecule has 1 N–H and O–H groups in total. The van der Waals surface area contributed by atoms with Gasteiger partial charge < -0.3 is 14.8 Å². The van der Waals surface area contributed by atoms with E-state index in [1.807, 2.05) is 53.9 Å². The summed E-state index contributed by atoms with van der Waals surface area (Å²) in [6, 6.07) is 17.3. The van der Waals surface area contributed by atoms with Crippen molar-refractivity contribution in [1.29, 1.82) is 0 Å². The Hall–Kier alpha value is -2.86. The highest BCUT2D eigenvalue weighted by Gasteiger charge is 2.27. The quantitative estimate of drug-likeness (QED) is 0.783. The van der Waals surface area contributed by atoms with E-state index >= 15 is 0 Å². The topological polar surface area (TPSA) is 60.5 Å². The Morgan fingerprint density at radius 1 is 1.12 bits per heavy atom. The van der Waals surface area contributed by atoms with Crippen LogP contribution in [0.2, 0.25) is 0 Å². The summed E-state index contributed by atoms with van der Waals surface area (Å²) < 4.78 is 11.3. The van der Waals surface area contributed by atoms with Crippen LogP contribution in [-0.2, 0) is 11.3 Å². The Labute approximate surface area is 149 Å². The number of aromatic nitrogens is 1. The van der Waals surface area contributed by atoms with Gasteiger partial charge in [0.25, 0.3) is 5.91 Å². The smallest absolute Gasteiger partial charge is 0.265 e. The molecule has 0 saturated carbocycles. The number of hydrogen-bond donors (Lipinski definition) is 1. The number of nitrogens with one attached hydrogen (secondary N) is 1. The molecule has 1 amide bonds. The molecule has 1 atom stereocenters. The van der Waals surface area contributed by atoms with E-state index in [-0.39, 0.29) is 12.5 Å². The molecule has 126 valence electrons. The van der Waals surface area contributed by atoms with Crippen LogP contribution < -0.4 is 14.8 Å². The monoisotopic (exact) mass is 352 g/mol. The van der Waals surface area contributed by atoms with Crippen LogP contribution in [0.4, 0.5) is 0 Å². The van der Waals surface area contributed by atoms with Gasteiger partial charge in [-0.3, -0.25) is 4.79 Å². The number of fused-ring (bicyclic) bond motifs is 1. The third-order valence-electron chi connectivity index (χ3n) is 3.82. The number of nitrogens with zero attached hydrogens (tertiary/aromatic N) is 1. The molecule has 0 unspecified atom stereocenters. The standard InChI is InChI=1S/C19H16N2O3S/c22-18(17-11-23-15-8-4-5-9-16(15)24-17)20-10-14-12-25-19(21-14)13-6-2-1-3-7-13/h1-9,12,17H,10-11H2,(H,20,22)/t17-/m0/s1. The molecule has 0 radical (unpaired) electrons. The largest absolute Gasteiger partial charge is 0.485 e. The molecule has 3 aromatic rings. The van der Waals surface area contributed by atoms with Gasteiger partial charge in [-0.25, -0.2) is 4.98 Å². The normalized spacial score (nSPS) is 15.6. The molecule has 25 heavy (non-hydrogen) atoms. The molecular weight excluding hydrogens is 336 g/mol. The molecule has 4 rings (SSSR count). The lowest BCUT2D eigenvalue weighted by atomic mass is 10.2. The summed E-state index contributed by atoms with van der Waals surface area (Å²) in [5.41, 5.74) is 1.90. The minimum atomic E-state index is -0.651. The summed E-state index contributed by atoms with van der Waals surface area (Å²) in [5, 5.41) is 5.76. The van der Waals surface area contributed by atoms with Crippen LogP contribution in [0.15, 0.2) is 60.0 Å². The average Bonchev–Trinajstić information content (AvgIpc) is 3.15. The second-order valence-electron chi connectivity index (χ2n) is 5.59. The van der Waals surface area contributed by atoms with Crippen molar-refractivity contribution >= 4 is 17.2 Å². The van der Waals surface area contributed by atoms with E-state index < -0.39 is 6.10 Å². The first kappa shape index (κ1) is 15.7. The zero-order valence-corrected chi connectivity index (χ0v) is 14.2. The second kappa shape index (κ2) is 6.94. The Morgan fingerprint density at radius 3 is 2.72 bits per heavy atom. The third-order valence-corrected chi connectivity index (χ3v) is 4.76. The molecule has 0 bridgehead atoms. The number of thiazole rings is 1. The van der Waals surface area contributed by atoms with Crippen LogP contribution in [-0.4, -0.2) is 23.6 Å². The van der Waals surface area contributed by atoms with Crippen LogP contribution in [0.1, 0.15) is 5.69 Å². The van der Waals surface area contributed by atoms with Gasteiger partial charge in [0, 0.05) is 10.9 Å². The maximum absolute atomic E-state index is 12.3. The summed E-state index contributed by atoms with van der Waals surface area (Å²) in [7, 11) is 0. The molecule has 0 spiro atoms. The van der Waals surface area contributed by atoms with E-state index in [2.05, 4.69) is 10.3 Å². The van der Waals surface area contributed by atoms with Gasteiger partial charge in [0.1, 0.15) is 11.6 Å². The van der Waals surface area contributed by atoms with Gasteiger partial charge in [-0.15, -0.1) is 11.3 Å². The van der Waals surface area contributed by atoms with Crippen LogP contribution in [0.25, 0.3) is 10.6 Å². The highest BCUT2D eigenvalue weighted by atomic mass is 32.1. The zero-order valence-electron chi connectivity index (χ0n) is 13.3. The molecule has 2 heterocycles. The van der Waals surface area contributed by atoms with Gasteiger partial charge in [-0.05, 0) is 12.1 Å². The molecular formula is C19H16N2O3S. The molecule has 6 heteroatoms. The van der Waals surface area contributed by atoms with Crippen molar-refractivity contribution in [3.8, 4) is 22.1 Å². The summed E-state index contributed by atoms with van der Waals surface area (Å²) in [6.07, 6.45) is -0.651. The van der Waals surface area contributed by atoms with E-state index in [1.165, 1.54) is 0 Å². The maximum Gasteiger partial charge on any atom is 0.265 e. The van der Waals surface area contributed by atoms with Crippen molar-refractivity contribution in [1.82, 2.24) is 10.3 Å². The van der Waals surface area contributed by atoms with E-state index in [0.29, 0.717) is 18.0 Å².